The molecule has 3 aromatic rings. The summed E-state index contributed by atoms with van der Waals surface area (Å²) in [5.74, 6) is -0.988. The standard InChI is InChI=1S/C21H22N4O3.C2HF3O2/c1-13-20(17-9-10-22-11-15(17)12-23-13)21-24-19(28-25-21)8-7-18(26)14-3-5-16(27-2)6-4-14;3-2(4,5)1(6)7/h3-6,12,22H,7-11H2,1-2H3;(H,6,7). The summed E-state index contributed by atoms with van der Waals surface area (Å²) in [5, 5.41) is 14.6. The van der Waals surface area contributed by atoms with Gasteiger partial charge in [0.25, 0.3) is 0 Å². The summed E-state index contributed by atoms with van der Waals surface area (Å²) < 4.78 is 42.3. The van der Waals surface area contributed by atoms with Crippen LogP contribution in [0.5, 0.6) is 5.75 Å². The number of hydrogen-bond donors (Lipinski definition) is 2. The lowest BCUT2D eigenvalue weighted by Crippen LogP contribution is -2.24. The van der Waals surface area contributed by atoms with Crippen LogP contribution in [-0.2, 0) is 24.2 Å². The number of nitrogens with zero attached hydrogens (tertiary/aromatic N) is 3. The number of benzene rings is 1. The van der Waals surface area contributed by atoms with E-state index in [0.717, 1.165) is 36.5 Å². The first-order valence-corrected chi connectivity index (χ1v) is 10.6. The molecule has 0 saturated carbocycles. The summed E-state index contributed by atoms with van der Waals surface area (Å²) in [5.41, 5.74) is 4.89. The van der Waals surface area contributed by atoms with Crippen molar-refractivity contribution in [3.8, 4) is 17.1 Å². The number of carboxylic acid groups (broad SMARTS) is 1. The Morgan fingerprint density at radius 2 is 1.91 bits per heavy atom. The van der Waals surface area contributed by atoms with Crippen LogP contribution < -0.4 is 10.1 Å². The van der Waals surface area contributed by atoms with Crippen LogP contribution >= 0.6 is 0 Å². The van der Waals surface area contributed by atoms with Gasteiger partial charge < -0.3 is 19.7 Å². The van der Waals surface area contributed by atoms with Crippen LogP contribution in [0, 0.1) is 6.92 Å². The van der Waals surface area contributed by atoms with Crippen molar-refractivity contribution in [2.24, 2.45) is 0 Å². The summed E-state index contributed by atoms with van der Waals surface area (Å²) in [7, 11) is 1.60. The van der Waals surface area contributed by atoms with Crippen molar-refractivity contribution >= 4 is 11.8 Å². The van der Waals surface area contributed by atoms with Crippen LogP contribution in [-0.4, -0.2) is 51.8 Å². The van der Waals surface area contributed by atoms with Crippen molar-refractivity contribution in [2.45, 2.75) is 38.9 Å². The van der Waals surface area contributed by atoms with Crippen molar-refractivity contribution < 1.29 is 37.1 Å². The summed E-state index contributed by atoms with van der Waals surface area (Å²) in [4.78, 5) is 30.3. The number of fused-ring (bicyclic) bond motifs is 1. The molecule has 1 aliphatic rings. The van der Waals surface area contributed by atoms with Gasteiger partial charge in [0, 0.05) is 42.4 Å². The van der Waals surface area contributed by atoms with Crippen LogP contribution in [0.1, 0.15) is 39.5 Å². The molecule has 0 bridgehead atoms. The highest BCUT2D eigenvalue weighted by Crippen LogP contribution is 2.28. The SMILES string of the molecule is COc1ccc(C(=O)CCc2nc(-c3c(C)ncc4c3CCNC4)no2)cc1.O=C(O)C(F)(F)F. The number of alkyl halides is 3. The highest BCUT2D eigenvalue weighted by molar-refractivity contribution is 5.96. The molecular weight excluding hydrogens is 469 g/mol. The molecule has 186 valence electrons. The van der Waals surface area contributed by atoms with Crippen molar-refractivity contribution in [3.63, 3.8) is 0 Å². The predicted molar refractivity (Wildman–Crippen MR) is 117 cm³/mol. The van der Waals surface area contributed by atoms with E-state index in [0.29, 0.717) is 30.1 Å². The maximum Gasteiger partial charge on any atom is 0.490 e. The number of aromatic nitrogens is 3. The molecule has 4 rings (SSSR count). The number of nitrogens with one attached hydrogen (secondary N) is 1. The molecule has 3 heterocycles. The first-order chi connectivity index (χ1) is 16.6. The number of pyridine rings is 1. The Kier molecular flexibility index (Phi) is 8.18. The highest BCUT2D eigenvalue weighted by Gasteiger charge is 2.38. The van der Waals surface area contributed by atoms with E-state index in [4.69, 9.17) is 19.2 Å². The summed E-state index contributed by atoms with van der Waals surface area (Å²) in [6.07, 6.45) is -1.55. The van der Waals surface area contributed by atoms with Gasteiger partial charge in [-0.3, -0.25) is 9.78 Å². The monoisotopic (exact) mass is 492 g/mol. The number of Topliss-reactive ketones (excluding diaryl/α,β-unsaturated/α-hetero) is 1. The third-order valence-electron chi connectivity index (χ3n) is 5.24. The van der Waals surface area contributed by atoms with Gasteiger partial charge in [-0.2, -0.15) is 18.2 Å². The summed E-state index contributed by atoms with van der Waals surface area (Å²) in [6, 6.07) is 7.09. The molecule has 2 N–H and O–H groups in total. The number of carboxylic acids is 1. The second kappa shape index (κ2) is 11.1. The Balaban J connectivity index is 0.000000429. The molecule has 0 saturated heterocycles. The van der Waals surface area contributed by atoms with Gasteiger partial charge in [0.1, 0.15) is 5.75 Å². The lowest BCUT2D eigenvalue weighted by atomic mass is 9.95. The van der Waals surface area contributed by atoms with Crippen molar-refractivity contribution in [1.82, 2.24) is 20.4 Å². The average molecular weight is 492 g/mol. The number of rotatable bonds is 6. The molecule has 2 aromatic heterocycles. The minimum absolute atomic E-state index is 0.0309. The Labute approximate surface area is 198 Å². The van der Waals surface area contributed by atoms with E-state index in [9.17, 15) is 18.0 Å². The van der Waals surface area contributed by atoms with Crippen molar-refractivity contribution in [1.29, 1.82) is 0 Å². The van der Waals surface area contributed by atoms with E-state index in [-0.39, 0.29) is 5.78 Å². The van der Waals surface area contributed by atoms with Gasteiger partial charge in [-0.1, -0.05) is 5.16 Å². The Hall–Kier alpha value is -3.80. The number of ketones is 1. The zero-order valence-corrected chi connectivity index (χ0v) is 19.0. The van der Waals surface area contributed by atoms with Gasteiger partial charge in [0.05, 0.1) is 7.11 Å². The number of methoxy groups -OCH3 is 1. The second-order valence-corrected chi connectivity index (χ2v) is 7.62. The molecule has 0 spiro atoms. The zero-order valence-electron chi connectivity index (χ0n) is 19.0. The summed E-state index contributed by atoms with van der Waals surface area (Å²) >= 11 is 0. The van der Waals surface area contributed by atoms with Crippen LogP contribution in [0.3, 0.4) is 0 Å². The largest absolute Gasteiger partial charge is 0.497 e. The van der Waals surface area contributed by atoms with Gasteiger partial charge >= 0.3 is 12.1 Å². The summed E-state index contributed by atoms with van der Waals surface area (Å²) in [6.45, 7) is 3.68. The molecule has 0 aliphatic carbocycles. The number of halogens is 3. The quantitative estimate of drug-likeness (QED) is 0.497. The van der Waals surface area contributed by atoms with E-state index < -0.39 is 12.1 Å². The Morgan fingerprint density at radius 1 is 1.23 bits per heavy atom. The zero-order chi connectivity index (χ0) is 25.6. The number of aryl methyl sites for hydroxylation is 2. The highest BCUT2D eigenvalue weighted by atomic mass is 19.4. The average Bonchev–Trinajstić information content (AvgIpc) is 3.30. The molecule has 35 heavy (non-hydrogen) atoms. The fourth-order valence-electron chi connectivity index (χ4n) is 3.47. The number of carbonyl (C=O) groups excluding carboxylic acids is 1. The van der Waals surface area contributed by atoms with E-state index >= 15 is 0 Å². The minimum Gasteiger partial charge on any atom is -0.497 e. The maximum absolute atomic E-state index is 12.4. The Morgan fingerprint density at radius 3 is 2.54 bits per heavy atom. The molecule has 0 atom stereocenters. The van der Waals surface area contributed by atoms with Crippen LogP contribution in [0.15, 0.2) is 35.0 Å². The number of aliphatic carboxylic acids is 1. The van der Waals surface area contributed by atoms with Gasteiger partial charge in [-0.05, 0) is 55.3 Å². The third-order valence-corrected chi connectivity index (χ3v) is 5.24. The molecule has 0 fully saturated rings. The number of carbonyl (C=O) groups is 2. The van der Waals surface area contributed by atoms with Gasteiger partial charge in [0.2, 0.25) is 11.7 Å². The number of ether oxygens (including phenoxy) is 1. The first kappa shape index (κ1) is 25.8. The van der Waals surface area contributed by atoms with Crippen LogP contribution in [0.25, 0.3) is 11.4 Å². The second-order valence-electron chi connectivity index (χ2n) is 7.62. The maximum atomic E-state index is 12.4. The van der Waals surface area contributed by atoms with E-state index in [1.807, 2.05) is 13.1 Å². The Bertz CT molecular complexity index is 1190. The topological polar surface area (TPSA) is 127 Å². The first-order valence-electron chi connectivity index (χ1n) is 10.6. The molecule has 12 heteroatoms. The molecule has 1 aliphatic heterocycles. The predicted octanol–water partition coefficient (Wildman–Crippen LogP) is 3.54. The molecule has 0 amide bonds. The smallest absolute Gasteiger partial charge is 0.490 e. The fourth-order valence-corrected chi connectivity index (χ4v) is 3.47. The third kappa shape index (κ3) is 6.63. The van der Waals surface area contributed by atoms with Crippen molar-refractivity contribution in [3.05, 3.63) is 58.7 Å². The molecular formula is C23H23F3N4O5. The fraction of sp³-hybridized carbons (Fsp3) is 0.348. The van der Waals surface area contributed by atoms with Crippen molar-refractivity contribution in [2.75, 3.05) is 13.7 Å². The molecule has 0 unspecified atom stereocenters. The van der Waals surface area contributed by atoms with Gasteiger partial charge in [0.15, 0.2) is 5.78 Å². The van der Waals surface area contributed by atoms with Gasteiger partial charge in [-0.25, -0.2) is 4.79 Å². The van der Waals surface area contributed by atoms with Gasteiger partial charge in [-0.15, -0.1) is 0 Å². The normalized spacial score (nSPS) is 12.8. The van der Waals surface area contributed by atoms with Crippen LogP contribution in [0.4, 0.5) is 13.2 Å². The molecule has 0 radical (unpaired) electrons. The van der Waals surface area contributed by atoms with Crippen LogP contribution in [0.2, 0.25) is 0 Å². The lowest BCUT2D eigenvalue weighted by Gasteiger charge is -2.19. The lowest BCUT2D eigenvalue weighted by molar-refractivity contribution is -0.192. The molecule has 1 aromatic carbocycles. The number of hydrogen-bond acceptors (Lipinski definition) is 8. The van der Waals surface area contributed by atoms with E-state index in [1.54, 1.807) is 31.4 Å². The van der Waals surface area contributed by atoms with E-state index in [1.165, 1.54) is 11.1 Å². The van der Waals surface area contributed by atoms with E-state index in [2.05, 4.69) is 20.4 Å². The minimum atomic E-state index is -5.08. The molecule has 9 nitrogen and oxygen atoms in total.